The van der Waals surface area contributed by atoms with Crippen LogP contribution in [0, 0.1) is 0 Å². The molecule has 0 aliphatic rings. The lowest BCUT2D eigenvalue weighted by atomic mass is 10.1. The maximum atomic E-state index is 11.8. The van der Waals surface area contributed by atoms with Gasteiger partial charge in [0.15, 0.2) is 5.65 Å². The van der Waals surface area contributed by atoms with Gasteiger partial charge in [-0.25, -0.2) is 9.50 Å². The van der Waals surface area contributed by atoms with Crippen LogP contribution in [0.3, 0.4) is 0 Å². The summed E-state index contributed by atoms with van der Waals surface area (Å²) in [7, 11) is 0. The van der Waals surface area contributed by atoms with Crippen molar-refractivity contribution in [2.75, 3.05) is 0 Å². The molecule has 0 saturated heterocycles. The van der Waals surface area contributed by atoms with Gasteiger partial charge in [0.1, 0.15) is 0 Å². The van der Waals surface area contributed by atoms with Crippen molar-refractivity contribution in [2.24, 2.45) is 5.73 Å². The molecule has 0 fully saturated rings. The molecule has 0 radical (unpaired) electrons. The number of aromatic nitrogens is 3. The van der Waals surface area contributed by atoms with E-state index in [4.69, 9.17) is 5.73 Å². The van der Waals surface area contributed by atoms with Gasteiger partial charge in [-0.1, -0.05) is 13.8 Å². The monoisotopic (exact) mass is 206 g/mol. The molecule has 2 rings (SSSR count). The highest BCUT2D eigenvalue weighted by molar-refractivity contribution is 5.47. The van der Waals surface area contributed by atoms with Crippen molar-refractivity contribution in [3.63, 3.8) is 0 Å². The van der Waals surface area contributed by atoms with Gasteiger partial charge < -0.3 is 5.73 Å². The molecule has 80 valence electrons. The Kier molecular flexibility index (Phi) is 2.32. The van der Waals surface area contributed by atoms with Crippen molar-refractivity contribution < 1.29 is 0 Å². The number of hydrogen-bond donors (Lipinski definition) is 2. The van der Waals surface area contributed by atoms with Crippen molar-refractivity contribution in [1.29, 1.82) is 0 Å². The number of H-pyrrole nitrogens is 1. The quantitative estimate of drug-likeness (QED) is 0.755. The van der Waals surface area contributed by atoms with Crippen molar-refractivity contribution in [2.45, 2.75) is 26.3 Å². The molecule has 3 N–H and O–H groups in total. The third kappa shape index (κ3) is 1.45. The minimum Gasteiger partial charge on any atom is -0.326 e. The van der Waals surface area contributed by atoms with Crippen LogP contribution < -0.4 is 11.3 Å². The van der Waals surface area contributed by atoms with Gasteiger partial charge in [-0.3, -0.25) is 9.89 Å². The van der Waals surface area contributed by atoms with Crippen molar-refractivity contribution >= 4 is 5.65 Å². The molecule has 0 aliphatic heterocycles. The molecule has 0 aliphatic carbocycles. The number of rotatable bonds is 2. The van der Waals surface area contributed by atoms with Crippen LogP contribution in [0.1, 0.15) is 30.9 Å². The molecule has 5 heteroatoms. The summed E-state index contributed by atoms with van der Waals surface area (Å²) in [4.78, 5) is 16.1. The second kappa shape index (κ2) is 3.51. The molecule has 0 amide bonds. The molecule has 0 saturated carbocycles. The highest BCUT2D eigenvalue weighted by Gasteiger charge is 2.11. The third-order valence-corrected chi connectivity index (χ3v) is 2.48. The van der Waals surface area contributed by atoms with Gasteiger partial charge in [0.2, 0.25) is 0 Å². The number of fused-ring (bicyclic) bond motifs is 1. The molecular formula is C10H14N4O. The molecule has 0 unspecified atom stereocenters. The summed E-state index contributed by atoms with van der Waals surface area (Å²) in [6.45, 7) is 4.34. The summed E-state index contributed by atoms with van der Waals surface area (Å²) in [6, 6.07) is 0. The van der Waals surface area contributed by atoms with E-state index in [0.29, 0.717) is 17.1 Å². The van der Waals surface area contributed by atoms with Gasteiger partial charge in [0.25, 0.3) is 5.56 Å². The van der Waals surface area contributed by atoms with Crippen LogP contribution in [-0.2, 0) is 6.54 Å². The Hall–Kier alpha value is -1.62. The fourth-order valence-corrected chi connectivity index (χ4v) is 1.58. The first-order valence-electron chi connectivity index (χ1n) is 4.93. The fourth-order valence-electron chi connectivity index (χ4n) is 1.58. The summed E-state index contributed by atoms with van der Waals surface area (Å²) in [6.07, 6.45) is 3.37. The van der Waals surface area contributed by atoms with E-state index >= 15 is 0 Å². The van der Waals surface area contributed by atoms with E-state index in [2.05, 4.69) is 23.9 Å². The molecule has 2 heterocycles. The van der Waals surface area contributed by atoms with E-state index in [-0.39, 0.29) is 12.1 Å². The predicted molar refractivity (Wildman–Crippen MR) is 57.8 cm³/mol. The van der Waals surface area contributed by atoms with Crippen LogP contribution in [-0.4, -0.2) is 14.6 Å². The highest BCUT2D eigenvalue weighted by atomic mass is 16.1. The Morgan fingerprint density at radius 2 is 2.33 bits per heavy atom. The molecule has 2 aromatic heterocycles. The Balaban J connectivity index is 2.76. The minimum absolute atomic E-state index is 0.116. The zero-order valence-electron chi connectivity index (χ0n) is 8.82. The van der Waals surface area contributed by atoms with E-state index in [1.807, 2.05) is 6.20 Å². The normalized spacial score (nSPS) is 11.5. The lowest BCUT2D eigenvalue weighted by Gasteiger charge is -2.01. The number of nitrogens with zero attached hydrogens (tertiary/aromatic N) is 2. The Morgan fingerprint density at radius 1 is 1.60 bits per heavy atom. The van der Waals surface area contributed by atoms with E-state index < -0.39 is 0 Å². The number of nitrogens with two attached hydrogens (primary N) is 1. The summed E-state index contributed by atoms with van der Waals surface area (Å²) in [5, 5.41) is 2.90. The molecular weight excluding hydrogens is 192 g/mol. The average Bonchev–Trinajstić information content (AvgIpc) is 2.62. The molecule has 0 bridgehead atoms. The maximum Gasteiger partial charge on any atom is 0.277 e. The molecule has 15 heavy (non-hydrogen) atoms. The maximum absolute atomic E-state index is 11.8. The molecule has 0 spiro atoms. The lowest BCUT2D eigenvalue weighted by molar-refractivity contribution is 0.854. The number of hydrogen-bond acceptors (Lipinski definition) is 3. The summed E-state index contributed by atoms with van der Waals surface area (Å²) >= 11 is 0. The minimum atomic E-state index is -0.116. The Morgan fingerprint density at radius 3 is 2.93 bits per heavy atom. The first-order chi connectivity index (χ1) is 7.15. The standard InChI is InChI=1S/C10H14N4O/c1-6(2)8-5-13-14-9(8)12-4-7(3-11)10(14)15/h4-6,13H,3,11H2,1-2H3. The predicted octanol–water partition coefficient (Wildman–Crippen LogP) is 0.605. The number of nitrogens with one attached hydrogen (secondary N) is 1. The molecule has 2 aromatic rings. The first-order valence-corrected chi connectivity index (χ1v) is 4.93. The highest BCUT2D eigenvalue weighted by Crippen LogP contribution is 2.16. The van der Waals surface area contributed by atoms with Gasteiger partial charge in [0, 0.05) is 24.5 Å². The summed E-state index contributed by atoms with van der Waals surface area (Å²) in [5.41, 5.74) is 7.57. The fraction of sp³-hybridized carbons (Fsp3) is 0.400. The zero-order valence-corrected chi connectivity index (χ0v) is 8.82. The van der Waals surface area contributed by atoms with Crippen LogP contribution in [0.25, 0.3) is 5.65 Å². The van der Waals surface area contributed by atoms with E-state index in [9.17, 15) is 4.79 Å². The Labute approximate surface area is 86.9 Å². The van der Waals surface area contributed by atoms with Crippen molar-refractivity contribution in [3.8, 4) is 0 Å². The van der Waals surface area contributed by atoms with E-state index in [1.165, 1.54) is 4.52 Å². The van der Waals surface area contributed by atoms with Crippen molar-refractivity contribution in [3.05, 3.63) is 33.9 Å². The van der Waals surface area contributed by atoms with Crippen LogP contribution in [0.2, 0.25) is 0 Å². The van der Waals surface area contributed by atoms with Crippen LogP contribution in [0.15, 0.2) is 17.2 Å². The van der Waals surface area contributed by atoms with Crippen LogP contribution in [0.4, 0.5) is 0 Å². The van der Waals surface area contributed by atoms with E-state index in [0.717, 1.165) is 5.56 Å². The second-order valence-electron chi connectivity index (χ2n) is 3.84. The second-order valence-corrected chi connectivity index (χ2v) is 3.84. The topological polar surface area (TPSA) is 76.2 Å². The third-order valence-electron chi connectivity index (χ3n) is 2.48. The average molecular weight is 206 g/mol. The first kappa shape index (κ1) is 9.92. The van der Waals surface area contributed by atoms with Gasteiger partial charge in [-0.15, -0.1) is 0 Å². The van der Waals surface area contributed by atoms with E-state index in [1.54, 1.807) is 6.20 Å². The van der Waals surface area contributed by atoms with Gasteiger partial charge in [-0.2, -0.15) is 0 Å². The van der Waals surface area contributed by atoms with Gasteiger partial charge in [-0.05, 0) is 5.92 Å². The lowest BCUT2D eigenvalue weighted by Crippen LogP contribution is -2.21. The number of aromatic amines is 1. The SMILES string of the molecule is CC(C)c1c[nH]n2c(=O)c(CN)cnc12. The van der Waals surface area contributed by atoms with Crippen LogP contribution in [0.5, 0.6) is 0 Å². The molecule has 0 atom stereocenters. The van der Waals surface area contributed by atoms with Gasteiger partial charge in [0.05, 0.1) is 5.56 Å². The zero-order chi connectivity index (χ0) is 11.0. The van der Waals surface area contributed by atoms with Crippen molar-refractivity contribution in [1.82, 2.24) is 14.6 Å². The van der Waals surface area contributed by atoms with Gasteiger partial charge >= 0.3 is 0 Å². The summed E-state index contributed by atoms with van der Waals surface area (Å²) in [5.74, 6) is 0.335. The largest absolute Gasteiger partial charge is 0.326 e. The smallest absolute Gasteiger partial charge is 0.277 e. The molecule has 0 aromatic carbocycles. The Bertz CT molecular complexity index is 538. The van der Waals surface area contributed by atoms with Crippen LogP contribution >= 0.6 is 0 Å². The summed E-state index contributed by atoms with van der Waals surface area (Å²) < 4.78 is 1.44. The molecule has 5 nitrogen and oxygen atoms in total.